The first-order valence-corrected chi connectivity index (χ1v) is 10.1. The fraction of sp³-hybridized carbons (Fsp3) is 0.737. The lowest BCUT2D eigenvalue weighted by Crippen LogP contribution is -2.43. The van der Waals surface area contributed by atoms with Crippen molar-refractivity contribution in [1.29, 1.82) is 0 Å². The van der Waals surface area contributed by atoms with Gasteiger partial charge in [0, 0.05) is 16.3 Å². The lowest BCUT2D eigenvalue weighted by atomic mass is 9.76. The van der Waals surface area contributed by atoms with Crippen LogP contribution in [0.5, 0.6) is 0 Å². The van der Waals surface area contributed by atoms with Crippen molar-refractivity contribution in [3.8, 4) is 0 Å². The maximum absolute atomic E-state index is 12.8. The molecule has 134 valence electrons. The Morgan fingerprint density at radius 2 is 2.12 bits per heavy atom. The molecule has 2 aliphatic rings. The highest BCUT2D eigenvalue weighted by molar-refractivity contribution is 7.11. The highest BCUT2D eigenvalue weighted by Gasteiger charge is 2.47. The summed E-state index contributed by atoms with van der Waals surface area (Å²) in [7, 11) is 2.21. The smallest absolute Gasteiger partial charge is 0.237 e. The Balaban J connectivity index is 1.62. The third kappa shape index (κ3) is 4.01. The summed E-state index contributed by atoms with van der Waals surface area (Å²) in [5.41, 5.74) is 0.364. The second kappa shape index (κ2) is 7.54. The van der Waals surface area contributed by atoms with Crippen LogP contribution < -0.4 is 5.32 Å². The Hall–Kier alpha value is -0.910. The van der Waals surface area contributed by atoms with E-state index in [1.165, 1.54) is 35.7 Å². The van der Waals surface area contributed by atoms with Gasteiger partial charge in [-0.05, 0) is 76.8 Å². The number of rotatable bonds is 5. The topological polar surface area (TPSA) is 35.6 Å². The zero-order valence-electron chi connectivity index (χ0n) is 15.3. The summed E-state index contributed by atoms with van der Waals surface area (Å²) in [5.74, 6) is 0.227. The minimum atomic E-state index is 0.0643. The molecule has 1 N–H and O–H groups in total. The number of amides is 1. The second-order valence-electron chi connectivity index (χ2n) is 7.72. The molecule has 1 aromatic heterocycles. The van der Waals surface area contributed by atoms with Crippen molar-refractivity contribution in [1.82, 2.24) is 15.1 Å². The van der Waals surface area contributed by atoms with Crippen molar-refractivity contribution in [3.05, 3.63) is 21.9 Å². The van der Waals surface area contributed by atoms with E-state index in [0.29, 0.717) is 12.0 Å². The van der Waals surface area contributed by atoms with E-state index in [1.807, 2.05) is 0 Å². The molecule has 0 saturated carbocycles. The van der Waals surface area contributed by atoms with Crippen molar-refractivity contribution in [2.45, 2.75) is 52.1 Å². The number of likely N-dealkylation sites (tertiary alicyclic amines) is 2. The van der Waals surface area contributed by atoms with Crippen LogP contribution in [0.15, 0.2) is 12.1 Å². The van der Waals surface area contributed by atoms with Gasteiger partial charge in [0.05, 0.1) is 12.6 Å². The lowest BCUT2D eigenvalue weighted by Gasteiger charge is -2.37. The summed E-state index contributed by atoms with van der Waals surface area (Å²) in [6.45, 7) is 9.47. The molecular formula is C19H31N3OS. The SMILES string of the molecule is CCCN1CC2(CCN(C)CC2)C[C@H]1C(=O)NCc1ccc(C)s1. The predicted octanol–water partition coefficient (Wildman–Crippen LogP) is 2.87. The Kier molecular flexibility index (Phi) is 5.63. The van der Waals surface area contributed by atoms with Gasteiger partial charge in [-0.3, -0.25) is 9.69 Å². The van der Waals surface area contributed by atoms with Crippen LogP contribution in [0.25, 0.3) is 0 Å². The molecule has 0 aromatic carbocycles. The number of carbonyl (C=O) groups excluding carboxylic acids is 1. The number of nitrogens with zero attached hydrogens (tertiary/aromatic N) is 2. The quantitative estimate of drug-likeness (QED) is 0.888. The zero-order valence-corrected chi connectivity index (χ0v) is 16.1. The Morgan fingerprint density at radius 3 is 2.75 bits per heavy atom. The summed E-state index contributed by atoms with van der Waals surface area (Å²) >= 11 is 1.77. The molecule has 3 rings (SSSR count). The summed E-state index contributed by atoms with van der Waals surface area (Å²) < 4.78 is 0. The van der Waals surface area contributed by atoms with Crippen LogP contribution in [0, 0.1) is 12.3 Å². The summed E-state index contributed by atoms with van der Waals surface area (Å²) in [6, 6.07) is 4.31. The minimum Gasteiger partial charge on any atom is -0.350 e. The first-order valence-electron chi connectivity index (χ1n) is 9.27. The Morgan fingerprint density at radius 1 is 1.38 bits per heavy atom. The number of nitrogens with one attached hydrogen (secondary N) is 1. The van der Waals surface area contributed by atoms with Gasteiger partial charge in [-0.1, -0.05) is 6.92 Å². The molecule has 2 saturated heterocycles. The molecule has 1 atom stereocenters. The molecule has 3 heterocycles. The van der Waals surface area contributed by atoms with Crippen LogP contribution in [0.2, 0.25) is 0 Å². The maximum atomic E-state index is 12.8. The van der Waals surface area contributed by atoms with Crippen LogP contribution in [0.1, 0.15) is 42.4 Å². The van der Waals surface area contributed by atoms with Crippen LogP contribution in [0.4, 0.5) is 0 Å². The van der Waals surface area contributed by atoms with Gasteiger partial charge in [-0.25, -0.2) is 0 Å². The molecule has 0 unspecified atom stereocenters. The van der Waals surface area contributed by atoms with Gasteiger partial charge in [0.25, 0.3) is 0 Å². The lowest BCUT2D eigenvalue weighted by molar-refractivity contribution is -0.125. The van der Waals surface area contributed by atoms with Crippen molar-refractivity contribution in [2.75, 3.05) is 33.2 Å². The van der Waals surface area contributed by atoms with E-state index < -0.39 is 0 Å². The number of thiophene rings is 1. The van der Waals surface area contributed by atoms with Gasteiger partial charge in [-0.15, -0.1) is 11.3 Å². The number of aryl methyl sites for hydroxylation is 1. The van der Waals surface area contributed by atoms with E-state index in [4.69, 9.17) is 0 Å². The molecule has 4 nitrogen and oxygen atoms in total. The highest BCUT2D eigenvalue weighted by atomic mass is 32.1. The monoisotopic (exact) mass is 349 g/mol. The normalized spacial score (nSPS) is 24.5. The van der Waals surface area contributed by atoms with Gasteiger partial charge in [0.2, 0.25) is 5.91 Å². The maximum Gasteiger partial charge on any atom is 0.237 e. The molecule has 5 heteroatoms. The van der Waals surface area contributed by atoms with Crippen LogP contribution >= 0.6 is 11.3 Å². The molecule has 2 aliphatic heterocycles. The second-order valence-corrected chi connectivity index (χ2v) is 9.10. The van der Waals surface area contributed by atoms with Crippen molar-refractivity contribution in [3.63, 3.8) is 0 Å². The van der Waals surface area contributed by atoms with E-state index in [0.717, 1.165) is 25.9 Å². The fourth-order valence-electron chi connectivity index (χ4n) is 4.25. The van der Waals surface area contributed by atoms with E-state index in [1.54, 1.807) is 11.3 Å². The minimum absolute atomic E-state index is 0.0643. The number of piperidine rings is 1. The van der Waals surface area contributed by atoms with Gasteiger partial charge in [-0.2, -0.15) is 0 Å². The first kappa shape index (κ1) is 17.9. The van der Waals surface area contributed by atoms with Gasteiger partial charge < -0.3 is 10.2 Å². The molecule has 0 bridgehead atoms. The van der Waals surface area contributed by atoms with Gasteiger partial charge >= 0.3 is 0 Å². The zero-order chi connectivity index (χ0) is 17.2. The largest absolute Gasteiger partial charge is 0.350 e. The summed E-state index contributed by atoms with van der Waals surface area (Å²) in [6.07, 6.45) is 4.62. The van der Waals surface area contributed by atoms with Crippen LogP contribution in [-0.2, 0) is 11.3 Å². The molecular weight excluding hydrogens is 318 g/mol. The third-order valence-corrected chi connectivity index (χ3v) is 6.70. The van der Waals surface area contributed by atoms with E-state index in [-0.39, 0.29) is 11.9 Å². The molecule has 24 heavy (non-hydrogen) atoms. The standard InChI is InChI=1S/C19H31N3OS/c1-4-9-22-14-19(7-10-21(3)11-8-19)12-17(22)18(23)20-13-16-6-5-15(2)24-16/h5-6,17H,4,7-14H2,1-3H3,(H,20,23)/t17-/m0/s1. The average Bonchev–Trinajstić information content (AvgIpc) is 3.13. The molecule has 2 fully saturated rings. The summed E-state index contributed by atoms with van der Waals surface area (Å²) in [4.78, 5) is 20.3. The van der Waals surface area contributed by atoms with Gasteiger partial charge in [0.15, 0.2) is 0 Å². The highest BCUT2D eigenvalue weighted by Crippen LogP contribution is 2.43. The number of hydrogen-bond donors (Lipinski definition) is 1. The molecule has 0 radical (unpaired) electrons. The molecule has 0 aliphatic carbocycles. The Labute approximate surface area is 150 Å². The number of carbonyl (C=O) groups is 1. The first-order chi connectivity index (χ1) is 11.5. The predicted molar refractivity (Wildman–Crippen MR) is 100 cm³/mol. The van der Waals surface area contributed by atoms with Crippen LogP contribution in [0.3, 0.4) is 0 Å². The molecule has 1 amide bonds. The summed E-state index contributed by atoms with van der Waals surface area (Å²) in [5, 5.41) is 3.19. The van der Waals surface area contributed by atoms with Crippen molar-refractivity contribution >= 4 is 17.2 Å². The van der Waals surface area contributed by atoms with Crippen molar-refractivity contribution < 1.29 is 4.79 Å². The Bertz CT molecular complexity index is 563. The third-order valence-electron chi connectivity index (χ3n) is 5.70. The van der Waals surface area contributed by atoms with Gasteiger partial charge in [0.1, 0.15) is 0 Å². The fourth-order valence-corrected chi connectivity index (χ4v) is 5.08. The van der Waals surface area contributed by atoms with E-state index in [9.17, 15) is 4.79 Å². The van der Waals surface area contributed by atoms with E-state index in [2.05, 4.69) is 48.1 Å². The van der Waals surface area contributed by atoms with E-state index >= 15 is 0 Å². The van der Waals surface area contributed by atoms with Crippen LogP contribution in [-0.4, -0.2) is 55.0 Å². The number of hydrogen-bond acceptors (Lipinski definition) is 4. The average molecular weight is 350 g/mol. The molecule has 1 spiro atoms. The van der Waals surface area contributed by atoms with Crippen molar-refractivity contribution in [2.24, 2.45) is 5.41 Å². The molecule has 1 aromatic rings.